The number of esters is 1. The van der Waals surface area contributed by atoms with E-state index in [9.17, 15) is 18.0 Å². The van der Waals surface area contributed by atoms with Crippen LogP contribution in [-0.2, 0) is 24.3 Å². The van der Waals surface area contributed by atoms with E-state index < -0.39 is 28.0 Å². The molecule has 0 unspecified atom stereocenters. The van der Waals surface area contributed by atoms with Crippen molar-refractivity contribution in [2.24, 2.45) is 5.14 Å². The van der Waals surface area contributed by atoms with Crippen molar-refractivity contribution in [1.29, 1.82) is 0 Å². The molecule has 2 aromatic rings. The summed E-state index contributed by atoms with van der Waals surface area (Å²) < 4.78 is 27.4. The monoisotopic (exact) mass is 408 g/mol. The molecule has 0 fully saturated rings. The van der Waals surface area contributed by atoms with E-state index in [4.69, 9.17) is 21.5 Å². The first kappa shape index (κ1) is 20.6. The van der Waals surface area contributed by atoms with Gasteiger partial charge in [-0.3, -0.25) is 4.79 Å². The number of rotatable bonds is 6. The number of primary sulfonamides is 1. The zero-order valence-corrected chi connectivity index (χ0v) is 15.8. The number of carbonyl (C=O) groups is 2. The van der Waals surface area contributed by atoms with Gasteiger partial charge in [-0.2, -0.15) is 0 Å². The summed E-state index contributed by atoms with van der Waals surface area (Å²) in [5, 5.41) is 8.10. The van der Waals surface area contributed by atoms with Crippen LogP contribution >= 0.6 is 11.6 Å². The van der Waals surface area contributed by atoms with E-state index in [0.29, 0.717) is 10.7 Å². The highest BCUT2D eigenvalue weighted by atomic mass is 35.5. The Balaban J connectivity index is 1.91. The van der Waals surface area contributed by atoms with Crippen molar-refractivity contribution in [3.63, 3.8) is 0 Å². The maximum absolute atomic E-state index is 12.1. The van der Waals surface area contributed by atoms with Crippen molar-refractivity contribution in [3.8, 4) is 0 Å². The van der Waals surface area contributed by atoms with Gasteiger partial charge in [0.1, 0.15) is 0 Å². The minimum atomic E-state index is -3.81. The third-order valence-electron chi connectivity index (χ3n) is 3.39. The number of halogens is 1. The van der Waals surface area contributed by atoms with Crippen LogP contribution in [0.15, 0.2) is 59.5 Å². The molecule has 0 saturated heterocycles. The van der Waals surface area contributed by atoms with Gasteiger partial charge < -0.3 is 10.1 Å². The molecule has 0 aliphatic carbocycles. The van der Waals surface area contributed by atoms with Gasteiger partial charge in [0, 0.05) is 16.8 Å². The summed E-state index contributed by atoms with van der Waals surface area (Å²) in [6, 6.07) is 12.1. The van der Waals surface area contributed by atoms with Crippen LogP contribution in [0.4, 0.5) is 5.69 Å². The first-order valence-electron chi connectivity index (χ1n) is 7.73. The Hall–Kier alpha value is -2.68. The van der Waals surface area contributed by atoms with Crippen LogP contribution in [0.2, 0.25) is 5.02 Å². The van der Waals surface area contributed by atoms with Crippen molar-refractivity contribution in [1.82, 2.24) is 0 Å². The number of nitrogens with two attached hydrogens (primary N) is 1. The van der Waals surface area contributed by atoms with Gasteiger partial charge in [-0.15, -0.1) is 0 Å². The molecule has 0 radical (unpaired) electrons. The molecule has 2 aromatic carbocycles. The standard InChI is InChI=1S/C18H17ClN2O5S/c1-12(26-17(22)11-4-13-2-5-14(19)6-3-13)18(23)21-15-7-9-16(10-8-15)27(20,24)25/h2-12H,1H3,(H,21,23)(H2,20,24,25)/b11-4+/t12-/m0/s1. The van der Waals surface area contributed by atoms with E-state index >= 15 is 0 Å². The molecule has 0 saturated carbocycles. The summed E-state index contributed by atoms with van der Waals surface area (Å²) >= 11 is 5.78. The van der Waals surface area contributed by atoms with Gasteiger partial charge in [0.05, 0.1) is 4.90 Å². The molecule has 7 nitrogen and oxygen atoms in total. The van der Waals surface area contributed by atoms with Crippen LogP contribution in [-0.4, -0.2) is 26.4 Å². The molecule has 1 atom stereocenters. The molecule has 27 heavy (non-hydrogen) atoms. The van der Waals surface area contributed by atoms with Gasteiger partial charge in [-0.1, -0.05) is 23.7 Å². The van der Waals surface area contributed by atoms with E-state index in [-0.39, 0.29) is 4.90 Å². The molecular formula is C18H17ClN2O5S. The molecule has 3 N–H and O–H groups in total. The van der Waals surface area contributed by atoms with Gasteiger partial charge in [0.2, 0.25) is 10.0 Å². The van der Waals surface area contributed by atoms with Crippen LogP contribution in [0.1, 0.15) is 12.5 Å². The Morgan fingerprint density at radius 2 is 1.70 bits per heavy atom. The topological polar surface area (TPSA) is 116 Å². The van der Waals surface area contributed by atoms with E-state index in [2.05, 4.69) is 5.32 Å². The lowest BCUT2D eigenvalue weighted by atomic mass is 10.2. The normalized spacial score (nSPS) is 12.6. The lowest BCUT2D eigenvalue weighted by molar-refractivity contribution is -0.148. The number of hydrogen-bond acceptors (Lipinski definition) is 5. The summed E-state index contributed by atoms with van der Waals surface area (Å²) in [7, 11) is -3.81. The summed E-state index contributed by atoms with van der Waals surface area (Å²) in [6.45, 7) is 1.42. The Kier molecular flexibility index (Phi) is 6.73. The van der Waals surface area contributed by atoms with Crippen LogP contribution < -0.4 is 10.5 Å². The zero-order chi connectivity index (χ0) is 20.0. The van der Waals surface area contributed by atoms with E-state index in [1.807, 2.05) is 0 Å². The fourth-order valence-corrected chi connectivity index (χ4v) is 2.62. The van der Waals surface area contributed by atoms with Crippen LogP contribution in [0.3, 0.4) is 0 Å². The van der Waals surface area contributed by atoms with Crippen molar-refractivity contribution >= 4 is 45.3 Å². The van der Waals surface area contributed by atoms with E-state index in [1.165, 1.54) is 43.3 Å². The Bertz CT molecular complexity index is 954. The predicted molar refractivity (Wildman–Crippen MR) is 102 cm³/mol. The summed E-state index contributed by atoms with van der Waals surface area (Å²) in [4.78, 5) is 23.8. The molecule has 0 aliphatic rings. The number of hydrogen-bond donors (Lipinski definition) is 2. The number of benzene rings is 2. The van der Waals surface area contributed by atoms with Crippen LogP contribution in [0.25, 0.3) is 6.08 Å². The van der Waals surface area contributed by atoms with Crippen LogP contribution in [0, 0.1) is 0 Å². The third-order valence-corrected chi connectivity index (χ3v) is 4.58. The maximum atomic E-state index is 12.1. The average molecular weight is 409 g/mol. The lowest BCUT2D eigenvalue weighted by Gasteiger charge is -2.12. The van der Waals surface area contributed by atoms with Gasteiger partial charge in [-0.05, 0) is 55.0 Å². The Labute approximate surface area is 161 Å². The molecular weight excluding hydrogens is 392 g/mol. The highest BCUT2D eigenvalue weighted by Gasteiger charge is 2.17. The van der Waals surface area contributed by atoms with Gasteiger partial charge in [-0.25, -0.2) is 18.4 Å². The fraction of sp³-hybridized carbons (Fsp3) is 0.111. The van der Waals surface area contributed by atoms with Gasteiger partial charge >= 0.3 is 5.97 Å². The van der Waals surface area contributed by atoms with Crippen molar-refractivity contribution in [3.05, 3.63) is 65.2 Å². The summed E-state index contributed by atoms with van der Waals surface area (Å²) in [6.07, 6.45) is 1.69. The first-order valence-corrected chi connectivity index (χ1v) is 9.65. The molecule has 0 spiro atoms. The number of anilines is 1. The van der Waals surface area contributed by atoms with Crippen molar-refractivity contribution < 1.29 is 22.7 Å². The lowest BCUT2D eigenvalue weighted by Crippen LogP contribution is -2.29. The third kappa shape index (κ3) is 6.52. The van der Waals surface area contributed by atoms with Crippen LogP contribution in [0.5, 0.6) is 0 Å². The summed E-state index contributed by atoms with van der Waals surface area (Å²) in [5.41, 5.74) is 1.09. The summed E-state index contributed by atoms with van der Waals surface area (Å²) in [5.74, 6) is -1.25. The average Bonchev–Trinajstić information content (AvgIpc) is 2.61. The molecule has 2 rings (SSSR count). The minimum absolute atomic E-state index is 0.0766. The smallest absolute Gasteiger partial charge is 0.331 e. The molecule has 0 aliphatic heterocycles. The fourth-order valence-electron chi connectivity index (χ4n) is 1.98. The second-order valence-corrected chi connectivity index (χ2v) is 7.52. The molecule has 1 amide bonds. The zero-order valence-electron chi connectivity index (χ0n) is 14.3. The largest absolute Gasteiger partial charge is 0.449 e. The second kappa shape index (κ2) is 8.81. The second-order valence-electron chi connectivity index (χ2n) is 5.52. The molecule has 142 valence electrons. The number of nitrogens with one attached hydrogen (secondary N) is 1. The first-order chi connectivity index (χ1) is 12.6. The number of amides is 1. The van der Waals surface area contributed by atoms with Gasteiger partial charge in [0.25, 0.3) is 5.91 Å². The molecule has 9 heteroatoms. The Morgan fingerprint density at radius 3 is 2.26 bits per heavy atom. The predicted octanol–water partition coefficient (Wildman–Crippen LogP) is 2.57. The Morgan fingerprint density at radius 1 is 1.11 bits per heavy atom. The van der Waals surface area contributed by atoms with E-state index in [1.54, 1.807) is 24.3 Å². The highest BCUT2D eigenvalue weighted by molar-refractivity contribution is 7.89. The molecule has 0 heterocycles. The molecule has 0 bridgehead atoms. The maximum Gasteiger partial charge on any atom is 0.331 e. The van der Waals surface area contributed by atoms with Gasteiger partial charge in [0.15, 0.2) is 6.10 Å². The molecule has 0 aromatic heterocycles. The number of carbonyl (C=O) groups excluding carboxylic acids is 2. The number of ether oxygens (including phenoxy) is 1. The van der Waals surface area contributed by atoms with E-state index in [0.717, 1.165) is 5.56 Å². The number of sulfonamides is 1. The van der Waals surface area contributed by atoms with Crippen molar-refractivity contribution in [2.75, 3.05) is 5.32 Å². The quantitative estimate of drug-likeness (QED) is 0.563. The minimum Gasteiger partial charge on any atom is -0.449 e. The van der Waals surface area contributed by atoms with Crippen molar-refractivity contribution in [2.45, 2.75) is 17.9 Å². The highest BCUT2D eigenvalue weighted by Crippen LogP contribution is 2.14. The SMILES string of the molecule is C[C@H](OC(=O)/C=C/c1ccc(Cl)cc1)C(=O)Nc1ccc(S(N)(=O)=O)cc1.